The van der Waals surface area contributed by atoms with E-state index in [9.17, 15) is 14.0 Å². The molecule has 2 heterocycles. The molecule has 0 aliphatic heterocycles. The van der Waals surface area contributed by atoms with Gasteiger partial charge in [0.1, 0.15) is 21.3 Å². The molecule has 0 unspecified atom stereocenters. The van der Waals surface area contributed by atoms with Gasteiger partial charge in [-0.2, -0.15) is 0 Å². The molecule has 1 atom stereocenters. The number of halogens is 2. The first-order chi connectivity index (χ1) is 13.7. The highest BCUT2D eigenvalue weighted by molar-refractivity contribution is 7.20. The van der Waals surface area contributed by atoms with E-state index >= 15 is 0 Å². The molecule has 0 saturated heterocycles. The number of nitrogens with one attached hydrogen (secondary N) is 1. The Labute approximate surface area is 176 Å². The molecule has 6 nitrogen and oxygen atoms in total. The molecule has 0 bridgehead atoms. The topological polar surface area (TPSA) is 75.3 Å². The van der Waals surface area contributed by atoms with Crippen LogP contribution < -0.4 is 5.56 Å². The average Bonchev–Trinajstić information content (AvgIpc) is 3.01. The molecule has 0 amide bonds. The Morgan fingerprint density at radius 3 is 2.83 bits per heavy atom. The van der Waals surface area contributed by atoms with E-state index in [4.69, 9.17) is 16.3 Å². The van der Waals surface area contributed by atoms with E-state index < -0.39 is 5.97 Å². The van der Waals surface area contributed by atoms with E-state index in [1.807, 2.05) is 11.8 Å². The second kappa shape index (κ2) is 8.61. The van der Waals surface area contributed by atoms with Crippen LogP contribution >= 0.6 is 22.9 Å². The quantitative estimate of drug-likeness (QED) is 0.576. The first-order valence-corrected chi connectivity index (χ1v) is 10.3. The van der Waals surface area contributed by atoms with Crippen LogP contribution in [0.1, 0.15) is 46.5 Å². The van der Waals surface area contributed by atoms with Crippen molar-refractivity contribution in [2.45, 2.75) is 33.4 Å². The van der Waals surface area contributed by atoms with Crippen molar-refractivity contribution in [1.82, 2.24) is 14.9 Å². The molecule has 3 rings (SSSR count). The summed E-state index contributed by atoms with van der Waals surface area (Å²) in [5, 5.41) is 0.725. The third-order valence-corrected chi connectivity index (χ3v) is 6.33. The van der Waals surface area contributed by atoms with Crippen LogP contribution in [-0.2, 0) is 11.3 Å². The molecule has 0 spiro atoms. The van der Waals surface area contributed by atoms with Crippen LogP contribution in [0.15, 0.2) is 23.0 Å². The summed E-state index contributed by atoms with van der Waals surface area (Å²) in [7, 11) is 1.79. The Hall–Kier alpha value is -2.29. The van der Waals surface area contributed by atoms with Crippen LogP contribution in [0.3, 0.4) is 0 Å². The molecule has 0 aliphatic carbocycles. The number of carbonyl (C=O) groups is 1. The van der Waals surface area contributed by atoms with Crippen LogP contribution in [0.5, 0.6) is 0 Å². The van der Waals surface area contributed by atoms with Crippen LogP contribution in [0.25, 0.3) is 10.2 Å². The fourth-order valence-electron chi connectivity index (χ4n) is 3.03. The maximum Gasteiger partial charge on any atom is 0.348 e. The van der Waals surface area contributed by atoms with Crippen molar-refractivity contribution in [2.24, 2.45) is 0 Å². The molecule has 0 fully saturated rings. The van der Waals surface area contributed by atoms with Crippen LogP contribution in [0.4, 0.5) is 4.39 Å². The lowest BCUT2D eigenvalue weighted by Gasteiger charge is -2.24. The van der Waals surface area contributed by atoms with Gasteiger partial charge < -0.3 is 9.72 Å². The van der Waals surface area contributed by atoms with Crippen molar-refractivity contribution in [3.8, 4) is 0 Å². The summed E-state index contributed by atoms with van der Waals surface area (Å²) in [5.74, 6) is -0.427. The second-order valence-corrected chi connectivity index (χ2v) is 8.11. The van der Waals surface area contributed by atoms with Crippen molar-refractivity contribution in [2.75, 3.05) is 13.7 Å². The predicted octanol–water partition coefficient (Wildman–Crippen LogP) is 4.46. The van der Waals surface area contributed by atoms with Gasteiger partial charge in [-0.15, -0.1) is 11.3 Å². The number of rotatable bonds is 6. The fourth-order valence-corrected chi connectivity index (χ4v) is 4.33. The van der Waals surface area contributed by atoms with Gasteiger partial charge in [-0.25, -0.2) is 14.2 Å². The number of H-pyrrole nitrogens is 1. The zero-order valence-corrected chi connectivity index (χ0v) is 18.1. The Morgan fingerprint density at radius 1 is 1.45 bits per heavy atom. The monoisotopic (exact) mass is 437 g/mol. The van der Waals surface area contributed by atoms with Crippen molar-refractivity contribution >= 4 is 39.1 Å². The van der Waals surface area contributed by atoms with Crippen molar-refractivity contribution in [1.29, 1.82) is 0 Å². The van der Waals surface area contributed by atoms with Crippen LogP contribution in [-0.4, -0.2) is 34.5 Å². The lowest BCUT2D eigenvalue weighted by molar-refractivity contribution is 0.0531. The number of aromatic amines is 1. The third kappa shape index (κ3) is 4.19. The smallest absolute Gasteiger partial charge is 0.348 e. The van der Waals surface area contributed by atoms with Gasteiger partial charge in [0, 0.05) is 17.1 Å². The van der Waals surface area contributed by atoms with E-state index in [0.29, 0.717) is 37.1 Å². The average molecular weight is 438 g/mol. The standard InChI is InChI=1S/C20H21ClFN3O3S/c1-5-28-20(27)16-10(2)15-18(26)23-17(24-19(15)29-16)11(3)25(4)9-12-13(21)7-6-8-14(12)22/h6-8,11H,5,9H2,1-4H3,(H,23,24,26)/t11-/m0/s1. The first-order valence-electron chi connectivity index (χ1n) is 9.08. The normalized spacial score (nSPS) is 12.5. The molecule has 154 valence electrons. The number of hydrogen-bond donors (Lipinski definition) is 1. The molecule has 0 aliphatic rings. The minimum absolute atomic E-state index is 0.242. The fraction of sp³-hybridized carbons (Fsp3) is 0.350. The van der Waals surface area contributed by atoms with Gasteiger partial charge in [-0.05, 0) is 45.5 Å². The molecule has 0 radical (unpaired) electrons. The maximum absolute atomic E-state index is 14.1. The Morgan fingerprint density at radius 2 is 2.17 bits per heavy atom. The molecule has 3 aromatic rings. The van der Waals surface area contributed by atoms with E-state index in [-0.39, 0.29) is 30.6 Å². The van der Waals surface area contributed by atoms with Crippen molar-refractivity contribution in [3.05, 3.63) is 61.2 Å². The van der Waals surface area contributed by atoms with Gasteiger partial charge in [0.25, 0.3) is 5.56 Å². The molecular weight excluding hydrogens is 417 g/mol. The molecule has 1 aromatic carbocycles. The van der Waals surface area contributed by atoms with Crippen LogP contribution in [0.2, 0.25) is 5.02 Å². The summed E-state index contributed by atoms with van der Waals surface area (Å²) in [6.07, 6.45) is 0. The lowest BCUT2D eigenvalue weighted by Crippen LogP contribution is -2.26. The van der Waals surface area contributed by atoms with Crippen molar-refractivity contribution < 1.29 is 13.9 Å². The number of carbonyl (C=O) groups excluding carboxylic acids is 1. The number of fused-ring (bicyclic) bond motifs is 1. The van der Waals surface area contributed by atoms with E-state index in [1.165, 1.54) is 6.07 Å². The summed E-state index contributed by atoms with van der Waals surface area (Å²) in [5.41, 5.74) is 0.616. The number of ether oxygens (including phenoxy) is 1. The zero-order valence-electron chi connectivity index (χ0n) is 16.5. The van der Waals surface area contributed by atoms with Crippen LogP contribution in [0, 0.1) is 12.7 Å². The number of aromatic nitrogens is 2. The number of benzene rings is 1. The molecule has 1 N–H and O–H groups in total. The first kappa shape index (κ1) is 21.4. The summed E-state index contributed by atoms with van der Waals surface area (Å²) < 4.78 is 19.2. The molecule has 0 saturated carbocycles. The second-order valence-electron chi connectivity index (χ2n) is 6.70. The van der Waals surface area contributed by atoms with Crippen molar-refractivity contribution in [3.63, 3.8) is 0 Å². The molecular formula is C20H21ClFN3O3S. The van der Waals surface area contributed by atoms with Gasteiger partial charge >= 0.3 is 5.97 Å². The number of esters is 1. The summed E-state index contributed by atoms with van der Waals surface area (Å²) in [4.78, 5) is 34.8. The summed E-state index contributed by atoms with van der Waals surface area (Å²) in [6.45, 7) is 5.78. The van der Waals surface area contributed by atoms with Gasteiger partial charge in [-0.1, -0.05) is 17.7 Å². The third-order valence-electron chi connectivity index (χ3n) is 4.81. The minimum Gasteiger partial charge on any atom is -0.462 e. The number of hydrogen-bond acceptors (Lipinski definition) is 6. The summed E-state index contributed by atoms with van der Waals surface area (Å²) >= 11 is 7.25. The van der Waals surface area contributed by atoms with E-state index in [2.05, 4.69) is 9.97 Å². The van der Waals surface area contributed by atoms with E-state index in [0.717, 1.165) is 11.3 Å². The number of thiophene rings is 1. The highest BCUT2D eigenvalue weighted by Gasteiger charge is 2.23. The number of nitrogens with zero attached hydrogens (tertiary/aromatic N) is 2. The maximum atomic E-state index is 14.1. The molecule has 29 heavy (non-hydrogen) atoms. The van der Waals surface area contributed by atoms with E-state index in [1.54, 1.807) is 33.0 Å². The van der Waals surface area contributed by atoms with Gasteiger partial charge in [0.2, 0.25) is 0 Å². The molecule has 2 aromatic heterocycles. The lowest BCUT2D eigenvalue weighted by atomic mass is 10.1. The highest BCUT2D eigenvalue weighted by Crippen LogP contribution is 2.29. The number of aryl methyl sites for hydroxylation is 1. The Balaban J connectivity index is 1.95. The Bertz CT molecular complexity index is 1110. The van der Waals surface area contributed by atoms with Gasteiger partial charge in [-0.3, -0.25) is 9.69 Å². The molecule has 9 heteroatoms. The zero-order chi connectivity index (χ0) is 21.3. The Kier molecular flexibility index (Phi) is 6.36. The van der Waals surface area contributed by atoms with Gasteiger partial charge in [0.15, 0.2) is 0 Å². The highest BCUT2D eigenvalue weighted by atomic mass is 35.5. The van der Waals surface area contributed by atoms with Gasteiger partial charge in [0.05, 0.1) is 18.0 Å². The predicted molar refractivity (Wildman–Crippen MR) is 112 cm³/mol. The summed E-state index contributed by atoms with van der Waals surface area (Å²) in [6, 6.07) is 4.22. The minimum atomic E-state index is -0.465. The largest absolute Gasteiger partial charge is 0.462 e. The SMILES string of the molecule is CCOC(=O)c1sc2nc([C@H](C)N(C)Cc3c(F)cccc3Cl)[nH]c(=O)c2c1C.